The molecule has 3 aliphatic rings. The minimum Gasteiger partial charge on any atom is -0.386 e. The number of ether oxygens (including phenoxy) is 2. The summed E-state index contributed by atoms with van der Waals surface area (Å²) in [4.78, 5) is 4.28. The first-order chi connectivity index (χ1) is 11.0. The van der Waals surface area contributed by atoms with Crippen molar-refractivity contribution in [3.8, 4) is 12.1 Å². The van der Waals surface area contributed by atoms with Crippen molar-refractivity contribution in [3.63, 3.8) is 0 Å². The van der Waals surface area contributed by atoms with Crippen LogP contribution in [0.2, 0.25) is 0 Å². The van der Waals surface area contributed by atoms with Crippen molar-refractivity contribution < 1.29 is 9.47 Å². The van der Waals surface area contributed by atoms with E-state index in [0.29, 0.717) is 6.61 Å². The lowest BCUT2D eigenvalue weighted by atomic mass is 9.94. The van der Waals surface area contributed by atoms with Crippen LogP contribution in [0, 0.1) is 33.5 Å². The van der Waals surface area contributed by atoms with Gasteiger partial charge in [0.2, 0.25) is 0 Å². The highest BCUT2D eigenvalue weighted by Crippen LogP contribution is 2.82. The van der Waals surface area contributed by atoms with Crippen molar-refractivity contribution in [3.05, 3.63) is 34.3 Å². The second-order valence-electron chi connectivity index (χ2n) is 6.15. The number of fused-ring (bicyclic) bond motifs is 2. The van der Waals surface area contributed by atoms with Crippen LogP contribution in [0.25, 0.3) is 0 Å². The summed E-state index contributed by atoms with van der Waals surface area (Å²) in [5, 5.41) is 19.9. The Kier molecular flexibility index (Phi) is 2.76. The molecule has 0 amide bonds. The number of hydrogen-bond acceptors (Lipinski definition) is 6. The second kappa shape index (κ2) is 4.33. The highest BCUT2D eigenvalue weighted by Gasteiger charge is 2.94. The maximum absolute atomic E-state index is 9.99. The van der Waals surface area contributed by atoms with Crippen molar-refractivity contribution in [2.24, 2.45) is 21.6 Å². The van der Waals surface area contributed by atoms with Gasteiger partial charge in [-0.25, -0.2) is 4.99 Å². The SMILES string of the molecule is C[C@H]1CO[C@]2(N=C(N)[C@@]3(C#N)[C@@H](c4cccc(Br)c4)[C@@]23C#N)O1. The van der Waals surface area contributed by atoms with Crippen molar-refractivity contribution in [1.29, 1.82) is 10.5 Å². The summed E-state index contributed by atoms with van der Waals surface area (Å²) in [5.41, 5.74) is 4.46. The third kappa shape index (κ3) is 1.41. The zero-order valence-corrected chi connectivity index (χ0v) is 13.9. The van der Waals surface area contributed by atoms with Gasteiger partial charge in [-0.2, -0.15) is 10.5 Å². The van der Waals surface area contributed by atoms with Crippen LogP contribution < -0.4 is 5.73 Å². The Bertz CT molecular complexity index is 828. The van der Waals surface area contributed by atoms with Crippen molar-refractivity contribution in [2.75, 3.05) is 6.61 Å². The van der Waals surface area contributed by atoms with Gasteiger partial charge in [0, 0.05) is 10.4 Å². The molecule has 1 spiro atoms. The predicted molar refractivity (Wildman–Crippen MR) is 83.8 cm³/mol. The van der Waals surface area contributed by atoms with E-state index in [1.807, 2.05) is 31.2 Å². The summed E-state index contributed by atoms with van der Waals surface area (Å²) in [7, 11) is 0. The van der Waals surface area contributed by atoms with Crippen LogP contribution in [-0.2, 0) is 9.47 Å². The summed E-state index contributed by atoms with van der Waals surface area (Å²) in [6.07, 6.45) is -0.213. The molecular formula is C16H13BrN4O2. The summed E-state index contributed by atoms with van der Waals surface area (Å²) < 4.78 is 12.5. The lowest BCUT2D eigenvalue weighted by Crippen LogP contribution is -2.39. The first-order valence-corrected chi connectivity index (χ1v) is 8.02. The van der Waals surface area contributed by atoms with Gasteiger partial charge in [-0.1, -0.05) is 28.1 Å². The van der Waals surface area contributed by atoms with Gasteiger partial charge in [-0.05, 0) is 24.6 Å². The van der Waals surface area contributed by atoms with Gasteiger partial charge in [-0.3, -0.25) is 0 Å². The Morgan fingerprint density at radius 3 is 2.74 bits per heavy atom. The molecule has 1 aromatic carbocycles. The van der Waals surface area contributed by atoms with E-state index in [9.17, 15) is 10.5 Å². The smallest absolute Gasteiger partial charge is 0.293 e. The number of nitrogens with zero attached hydrogens (tertiary/aromatic N) is 3. The van der Waals surface area contributed by atoms with Gasteiger partial charge in [0.15, 0.2) is 5.41 Å². The van der Waals surface area contributed by atoms with Gasteiger partial charge < -0.3 is 15.2 Å². The zero-order valence-electron chi connectivity index (χ0n) is 12.3. The van der Waals surface area contributed by atoms with E-state index in [0.717, 1.165) is 10.0 Å². The van der Waals surface area contributed by atoms with Gasteiger partial charge in [0.05, 0.1) is 24.8 Å². The van der Waals surface area contributed by atoms with Crippen LogP contribution in [0.15, 0.2) is 33.7 Å². The molecule has 2 heterocycles. The van der Waals surface area contributed by atoms with E-state index < -0.39 is 22.7 Å². The van der Waals surface area contributed by atoms with E-state index in [-0.39, 0.29) is 11.9 Å². The quantitative estimate of drug-likeness (QED) is 0.811. The van der Waals surface area contributed by atoms with E-state index in [2.05, 4.69) is 33.1 Å². The molecular weight excluding hydrogens is 360 g/mol. The summed E-state index contributed by atoms with van der Waals surface area (Å²) in [5.74, 6) is -1.82. The molecule has 2 N–H and O–H groups in total. The van der Waals surface area contributed by atoms with Crippen molar-refractivity contribution >= 4 is 21.8 Å². The molecule has 0 aromatic heterocycles. The van der Waals surface area contributed by atoms with Gasteiger partial charge in [0.1, 0.15) is 11.3 Å². The van der Waals surface area contributed by atoms with Crippen LogP contribution in [0.1, 0.15) is 18.4 Å². The number of aliphatic imine (C=N–C) groups is 1. The minimum absolute atomic E-state index is 0.112. The Hall–Kier alpha value is -1.93. The Morgan fingerprint density at radius 1 is 1.39 bits per heavy atom. The fourth-order valence-corrected chi connectivity index (χ4v) is 4.46. The lowest BCUT2D eigenvalue weighted by Gasteiger charge is -2.26. The monoisotopic (exact) mass is 372 g/mol. The number of hydrogen-bond donors (Lipinski definition) is 1. The molecule has 0 unspecified atom stereocenters. The fraction of sp³-hybridized carbons (Fsp3) is 0.438. The Morgan fingerprint density at radius 2 is 2.17 bits per heavy atom. The normalized spacial score (nSPS) is 43.6. The first kappa shape index (κ1) is 14.6. The van der Waals surface area contributed by atoms with Gasteiger partial charge >= 0.3 is 0 Å². The van der Waals surface area contributed by atoms with Crippen molar-refractivity contribution in [1.82, 2.24) is 0 Å². The number of nitriles is 2. The van der Waals surface area contributed by atoms with Crippen LogP contribution >= 0.6 is 15.9 Å². The van der Waals surface area contributed by atoms with Crippen LogP contribution in [0.4, 0.5) is 0 Å². The molecule has 0 bridgehead atoms. The molecule has 6 nitrogen and oxygen atoms in total. The topological polar surface area (TPSA) is 104 Å². The predicted octanol–water partition coefficient (Wildman–Crippen LogP) is 2.03. The average molecular weight is 373 g/mol. The number of benzene rings is 1. The van der Waals surface area contributed by atoms with E-state index in [1.54, 1.807) is 0 Å². The second-order valence-corrected chi connectivity index (χ2v) is 7.06. The van der Waals surface area contributed by atoms with E-state index in [1.165, 1.54) is 0 Å². The zero-order chi connectivity index (χ0) is 16.5. The average Bonchev–Trinajstić information content (AvgIpc) is 2.93. The largest absolute Gasteiger partial charge is 0.386 e. The number of amidine groups is 1. The highest BCUT2D eigenvalue weighted by molar-refractivity contribution is 9.10. The number of rotatable bonds is 1. The molecule has 1 saturated heterocycles. The van der Waals surface area contributed by atoms with Gasteiger partial charge in [-0.15, -0.1) is 0 Å². The first-order valence-electron chi connectivity index (χ1n) is 7.23. The molecule has 0 radical (unpaired) electrons. The van der Waals surface area contributed by atoms with Crippen LogP contribution in [0.3, 0.4) is 0 Å². The molecule has 23 heavy (non-hydrogen) atoms. The third-order valence-corrected chi connectivity index (χ3v) is 5.48. The molecule has 4 rings (SSSR count). The minimum atomic E-state index is -1.49. The standard InChI is InChI=1S/C16H13BrN4O2/c1-9-6-22-16(23-9)15(8-19)12(10-3-2-4-11(17)5-10)14(15,7-18)13(20)21-16/h2-5,9,12H,6H2,1H3,(H2,20,21)/t9-,12+,14+,15+,16-/m0/s1. The Labute approximate surface area is 141 Å². The number of nitrogens with two attached hydrogens (primary N) is 1. The molecule has 1 saturated carbocycles. The summed E-state index contributed by atoms with van der Waals surface area (Å²) in [6.45, 7) is 2.15. The van der Waals surface area contributed by atoms with E-state index in [4.69, 9.17) is 15.2 Å². The molecule has 5 atom stereocenters. The fourth-order valence-electron chi connectivity index (χ4n) is 4.05. The van der Waals surface area contributed by atoms with Gasteiger partial charge in [0.25, 0.3) is 5.91 Å². The number of halogens is 1. The summed E-state index contributed by atoms with van der Waals surface area (Å²) >= 11 is 3.43. The van der Waals surface area contributed by atoms with E-state index >= 15 is 0 Å². The molecule has 2 fully saturated rings. The molecule has 1 aliphatic carbocycles. The Balaban J connectivity index is 1.93. The van der Waals surface area contributed by atoms with Crippen LogP contribution in [0.5, 0.6) is 0 Å². The maximum atomic E-state index is 9.99. The van der Waals surface area contributed by atoms with Crippen LogP contribution in [-0.4, -0.2) is 24.5 Å². The highest BCUT2D eigenvalue weighted by atomic mass is 79.9. The lowest BCUT2D eigenvalue weighted by molar-refractivity contribution is -0.193. The molecule has 1 aromatic rings. The molecule has 116 valence electrons. The molecule has 2 aliphatic heterocycles. The maximum Gasteiger partial charge on any atom is 0.293 e. The summed E-state index contributed by atoms with van der Waals surface area (Å²) in [6, 6.07) is 12.0. The molecule has 7 heteroatoms. The van der Waals surface area contributed by atoms with Crippen molar-refractivity contribution in [2.45, 2.75) is 24.9 Å². The third-order valence-electron chi connectivity index (χ3n) is 4.98.